The first kappa shape index (κ1) is 30.6. The topological polar surface area (TPSA) is 143 Å². The van der Waals surface area contributed by atoms with E-state index in [1.54, 1.807) is 0 Å². The van der Waals surface area contributed by atoms with E-state index < -0.39 is 67.0 Å². The van der Waals surface area contributed by atoms with E-state index in [9.17, 15) is 32.8 Å². The highest BCUT2D eigenvalue weighted by atomic mass is 35.5. The Labute approximate surface area is 240 Å². The molecule has 0 aromatic heterocycles. The lowest BCUT2D eigenvalue weighted by Gasteiger charge is -2.30. The van der Waals surface area contributed by atoms with Gasteiger partial charge in [-0.1, -0.05) is 30.9 Å². The van der Waals surface area contributed by atoms with Crippen LogP contribution < -0.4 is 16.0 Å². The Bertz CT molecular complexity index is 1210. The van der Waals surface area contributed by atoms with Crippen molar-refractivity contribution >= 4 is 46.9 Å². The number of rotatable bonds is 8. The molecule has 3 fully saturated rings. The largest absolute Gasteiger partial charge is 0.433 e. The molecule has 4 amide bonds. The first-order valence-corrected chi connectivity index (χ1v) is 13.9. The Kier molecular flexibility index (Phi) is 9.48. The molecule has 4 atom stereocenters. The number of halogens is 3. The van der Waals surface area contributed by atoms with Gasteiger partial charge in [-0.25, -0.2) is 8.78 Å². The van der Waals surface area contributed by atoms with Gasteiger partial charge in [-0.2, -0.15) is 0 Å². The van der Waals surface area contributed by atoms with Crippen molar-refractivity contribution in [3.05, 3.63) is 28.8 Å². The van der Waals surface area contributed by atoms with Gasteiger partial charge in [0.15, 0.2) is 0 Å². The molecule has 3 N–H and O–H groups in total. The third kappa shape index (κ3) is 7.70. The second-order valence-electron chi connectivity index (χ2n) is 10.7. The van der Waals surface area contributed by atoms with E-state index in [2.05, 4.69) is 16.0 Å². The Morgan fingerprint density at radius 1 is 1.17 bits per heavy atom. The predicted octanol–water partition coefficient (Wildman–Crippen LogP) is 2.76. The number of hydrogen-bond donors (Lipinski definition) is 3. The van der Waals surface area contributed by atoms with Crippen molar-refractivity contribution in [1.29, 1.82) is 0 Å². The summed E-state index contributed by atoms with van der Waals surface area (Å²) in [4.78, 5) is 63.1. The molecule has 1 aromatic carbocycles. The predicted molar refractivity (Wildman–Crippen MR) is 142 cm³/mol. The van der Waals surface area contributed by atoms with E-state index in [1.807, 2.05) is 0 Å². The summed E-state index contributed by atoms with van der Waals surface area (Å²) in [6, 6.07) is 0.394. The van der Waals surface area contributed by atoms with E-state index in [1.165, 1.54) is 32.0 Å². The summed E-state index contributed by atoms with van der Waals surface area (Å²) in [7, 11) is 0. The Hall–Kier alpha value is -3.32. The third-order valence-electron chi connectivity index (χ3n) is 7.28. The molecule has 0 spiro atoms. The zero-order valence-electron chi connectivity index (χ0n) is 22.7. The maximum Gasteiger partial charge on any atom is 0.310 e. The van der Waals surface area contributed by atoms with Crippen molar-refractivity contribution < 1.29 is 42.2 Å². The normalized spacial score (nSPS) is 24.9. The Morgan fingerprint density at radius 3 is 2.54 bits per heavy atom. The molecule has 11 nitrogen and oxygen atoms in total. The maximum absolute atomic E-state index is 14.5. The molecular weight excluding hydrogens is 566 g/mol. The standard InChI is InChI=1S/C27H33ClF2N4O7/c1-14(31-23(37)16-8-9-19(18(28)10-16)32-15(2)35)25(39)34-13-27(29,30)12-21(34)24(38)33-20-11-22(36)41-26(20)40-17-6-4-3-5-7-17/h8-10,14,17,20-21,26H,3-7,11-13H2,1-2H3,(H,31,37)(H,32,35)(H,33,38)/t14-,20-,21-,26+/m0/s1. The van der Waals surface area contributed by atoms with Gasteiger partial charge in [0.1, 0.15) is 18.1 Å². The molecule has 0 radical (unpaired) electrons. The number of nitrogens with zero attached hydrogens (tertiary/aromatic N) is 1. The van der Waals surface area contributed by atoms with E-state index in [4.69, 9.17) is 21.1 Å². The molecule has 2 heterocycles. The molecular formula is C27H33ClF2N4O7. The molecule has 1 aliphatic carbocycles. The van der Waals surface area contributed by atoms with E-state index >= 15 is 0 Å². The van der Waals surface area contributed by atoms with Gasteiger partial charge < -0.3 is 30.3 Å². The minimum absolute atomic E-state index is 0.0692. The zero-order valence-corrected chi connectivity index (χ0v) is 23.5. The number of benzene rings is 1. The molecule has 2 saturated heterocycles. The molecule has 4 rings (SSSR count). The van der Waals surface area contributed by atoms with Crippen LogP contribution in [0.5, 0.6) is 0 Å². The van der Waals surface area contributed by atoms with Crippen molar-refractivity contribution in [2.75, 3.05) is 11.9 Å². The van der Waals surface area contributed by atoms with Gasteiger partial charge in [0.05, 0.1) is 29.8 Å². The number of ether oxygens (including phenoxy) is 2. The fourth-order valence-corrected chi connectivity index (χ4v) is 5.50. The average molecular weight is 599 g/mol. The Morgan fingerprint density at radius 2 is 1.88 bits per heavy atom. The number of likely N-dealkylation sites (tertiary alicyclic amines) is 1. The van der Waals surface area contributed by atoms with Gasteiger partial charge in [-0.3, -0.25) is 24.0 Å². The number of nitrogens with one attached hydrogen (secondary N) is 3. The van der Waals surface area contributed by atoms with Gasteiger partial charge in [0, 0.05) is 18.9 Å². The summed E-state index contributed by atoms with van der Waals surface area (Å²) >= 11 is 6.11. The van der Waals surface area contributed by atoms with Crippen molar-refractivity contribution in [3.8, 4) is 0 Å². The quantitative estimate of drug-likeness (QED) is 0.391. The summed E-state index contributed by atoms with van der Waals surface area (Å²) in [5.41, 5.74) is 0.355. The summed E-state index contributed by atoms with van der Waals surface area (Å²) in [5.74, 6) is -6.74. The van der Waals surface area contributed by atoms with Crippen LogP contribution in [0, 0.1) is 0 Å². The molecule has 0 unspecified atom stereocenters. The average Bonchev–Trinajstić information content (AvgIpc) is 3.42. The fraction of sp³-hybridized carbons (Fsp3) is 0.593. The number of hydrogen-bond acceptors (Lipinski definition) is 7. The van der Waals surface area contributed by atoms with Crippen LogP contribution in [0.1, 0.15) is 69.2 Å². The van der Waals surface area contributed by atoms with Crippen LogP contribution in [-0.2, 0) is 28.7 Å². The minimum Gasteiger partial charge on any atom is -0.433 e. The van der Waals surface area contributed by atoms with Crippen LogP contribution in [-0.4, -0.2) is 77.5 Å². The molecule has 41 heavy (non-hydrogen) atoms. The van der Waals surface area contributed by atoms with Gasteiger partial charge in [-0.15, -0.1) is 0 Å². The van der Waals surface area contributed by atoms with Crippen LogP contribution in [0.15, 0.2) is 18.2 Å². The zero-order chi connectivity index (χ0) is 29.9. The smallest absolute Gasteiger partial charge is 0.310 e. The second kappa shape index (κ2) is 12.7. The van der Waals surface area contributed by atoms with Crippen molar-refractivity contribution in [1.82, 2.24) is 15.5 Å². The highest BCUT2D eigenvalue weighted by Crippen LogP contribution is 2.33. The van der Waals surface area contributed by atoms with Crippen LogP contribution in [0.4, 0.5) is 14.5 Å². The second-order valence-corrected chi connectivity index (χ2v) is 11.1. The molecule has 3 aliphatic rings. The summed E-state index contributed by atoms with van der Waals surface area (Å²) in [6.07, 6.45) is 2.35. The SMILES string of the molecule is CC(=O)Nc1ccc(C(=O)N[C@@H](C)C(=O)N2CC(F)(F)C[C@H]2C(=O)N[C@H]2CC(=O)O[C@H]2OC2CCCCC2)cc1Cl. The minimum atomic E-state index is -3.34. The lowest BCUT2D eigenvalue weighted by molar-refractivity contribution is -0.180. The van der Waals surface area contributed by atoms with Crippen LogP contribution in [0.25, 0.3) is 0 Å². The van der Waals surface area contributed by atoms with Crippen molar-refractivity contribution in [2.24, 2.45) is 0 Å². The van der Waals surface area contributed by atoms with Crippen LogP contribution in [0.3, 0.4) is 0 Å². The molecule has 0 bridgehead atoms. The van der Waals surface area contributed by atoms with Gasteiger partial charge in [0.2, 0.25) is 24.0 Å². The summed E-state index contributed by atoms with van der Waals surface area (Å²) in [5, 5.41) is 7.61. The number of alkyl halides is 2. The Balaban J connectivity index is 1.40. The van der Waals surface area contributed by atoms with Crippen molar-refractivity contribution in [3.63, 3.8) is 0 Å². The first-order chi connectivity index (χ1) is 19.3. The molecule has 224 valence electrons. The monoisotopic (exact) mass is 598 g/mol. The van der Waals surface area contributed by atoms with Crippen LogP contribution in [0.2, 0.25) is 5.02 Å². The molecule has 14 heteroatoms. The van der Waals surface area contributed by atoms with E-state index in [-0.39, 0.29) is 34.7 Å². The number of carbonyl (C=O) groups excluding carboxylic acids is 5. The number of cyclic esters (lactones) is 1. The summed E-state index contributed by atoms with van der Waals surface area (Å²) < 4.78 is 40.1. The highest BCUT2D eigenvalue weighted by Gasteiger charge is 2.52. The van der Waals surface area contributed by atoms with Gasteiger partial charge >= 0.3 is 5.97 Å². The lowest BCUT2D eigenvalue weighted by Crippen LogP contribution is -2.55. The number of carbonyl (C=O) groups is 5. The van der Waals surface area contributed by atoms with Crippen molar-refractivity contribution in [2.45, 2.75) is 95.2 Å². The van der Waals surface area contributed by atoms with E-state index in [0.717, 1.165) is 37.0 Å². The number of anilines is 1. The first-order valence-electron chi connectivity index (χ1n) is 13.5. The lowest BCUT2D eigenvalue weighted by atomic mass is 9.98. The molecule has 1 aromatic rings. The van der Waals surface area contributed by atoms with Gasteiger partial charge in [0.25, 0.3) is 11.8 Å². The molecule has 2 aliphatic heterocycles. The fourth-order valence-electron chi connectivity index (χ4n) is 5.27. The highest BCUT2D eigenvalue weighted by molar-refractivity contribution is 6.34. The maximum atomic E-state index is 14.5. The number of amides is 4. The van der Waals surface area contributed by atoms with E-state index in [0.29, 0.717) is 0 Å². The number of esters is 1. The van der Waals surface area contributed by atoms with Gasteiger partial charge in [-0.05, 0) is 38.0 Å². The van der Waals surface area contributed by atoms with Crippen LogP contribution >= 0.6 is 11.6 Å². The molecule has 1 saturated carbocycles. The summed E-state index contributed by atoms with van der Waals surface area (Å²) in [6.45, 7) is 1.60. The third-order valence-corrected chi connectivity index (χ3v) is 7.60.